The molecule has 92 valence electrons. The van der Waals surface area contributed by atoms with Gasteiger partial charge < -0.3 is 5.11 Å². The lowest BCUT2D eigenvalue weighted by Crippen LogP contribution is -2.56. The van der Waals surface area contributed by atoms with Crippen LogP contribution in [-0.2, 0) is 4.79 Å². The van der Waals surface area contributed by atoms with Crippen molar-refractivity contribution in [1.82, 2.24) is 4.90 Å². The summed E-state index contributed by atoms with van der Waals surface area (Å²) in [5, 5.41) is 9.62. The molecule has 2 aliphatic rings. The number of hydrogen-bond acceptors (Lipinski definition) is 2. The molecular weight excluding hydrogens is 202 g/mol. The van der Waals surface area contributed by atoms with E-state index in [1.165, 1.54) is 19.3 Å². The van der Waals surface area contributed by atoms with Crippen LogP contribution in [0.5, 0.6) is 0 Å². The van der Waals surface area contributed by atoms with Gasteiger partial charge in [-0.2, -0.15) is 0 Å². The minimum Gasteiger partial charge on any atom is -0.480 e. The average molecular weight is 225 g/mol. The van der Waals surface area contributed by atoms with Crippen LogP contribution in [-0.4, -0.2) is 34.6 Å². The van der Waals surface area contributed by atoms with Crippen molar-refractivity contribution in [3.63, 3.8) is 0 Å². The Balaban J connectivity index is 2.16. The quantitative estimate of drug-likeness (QED) is 0.802. The van der Waals surface area contributed by atoms with Gasteiger partial charge >= 0.3 is 5.97 Å². The second-order valence-corrected chi connectivity index (χ2v) is 5.40. The van der Waals surface area contributed by atoms with E-state index < -0.39 is 11.5 Å². The van der Waals surface area contributed by atoms with Crippen molar-refractivity contribution in [3.05, 3.63) is 0 Å². The Morgan fingerprint density at radius 2 is 2.06 bits per heavy atom. The number of likely N-dealkylation sites (tertiary alicyclic amines) is 1. The fraction of sp³-hybridized carbons (Fsp3) is 0.923. The smallest absolute Gasteiger partial charge is 0.324 e. The highest BCUT2D eigenvalue weighted by molar-refractivity contribution is 5.79. The Labute approximate surface area is 97.8 Å². The molecule has 0 bridgehead atoms. The molecule has 3 heteroatoms. The summed E-state index contributed by atoms with van der Waals surface area (Å²) in [7, 11) is 0. The standard InChI is InChI=1S/C13H23NO2/c1-2-11-6-5-7-13(10-11,12(15)16)14-8-3-4-9-14/h11H,2-10H2,1H3,(H,15,16). The van der Waals surface area contributed by atoms with E-state index in [0.717, 1.165) is 38.8 Å². The van der Waals surface area contributed by atoms with Crippen LogP contribution in [0.15, 0.2) is 0 Å². The summed E-state index contributed by atoms with van der Waals surface area (Å²) in [5.74, 6) is 0.0398. The molecule has 2 rings (SSSR count). The second kappa shape index (κ2) is 4.74. The molecule has 0 spiro atoms. The lowest BCUT2D eigenvalue weighted by molar-refractivity contribution is -0.154. The maximum absolute atomic E-state index is 11.7. The first-order valence-corrected chi connectivity index (χ1v) is 6.67. The van der Waals surface area contributed by atoms with Crippen molar-refractivity contribution in [3.8, 4) is 0 Å². The normalized spacial score (nSPS) is 36.4. The third-order valence-corrected chi connectivity index (χ3v) is 4.52. The van der Waals surface area contributed by atoms with Gasteiger partial charge in [0.15, 0.2) is 0 Å². The van der Waals surface area contributed by atoms with Gasteiger partial charge in [0.2, 0.25) is 0 Å². The van der Waals surface area contributed by atoms with Crippen molar-refractivity contribution >= 4 is 5.97 Å². The zero-order valence-electron chi connectivity index (χ0n) is 10.2. The van der Waals surface area contributed by atoms with Gasteiger partial charge in [0.1, 0.15) is 5.54 Å². The van der Waals surface area contributed by atoms with Crippen molar-refractivity contribution in [2.75, 3.05) is 13.1 Å². The molecule has 1 saturated carbocycles. The zero-order valence-corrected chi connectivity index (χ0v) is 10.2. The van der Waals surface area contributed by atoms with E-state index in [0.29, 0.717) is 5.92 Å². The van der Waals surface area contributed by atoms with Crippen LogP contribution < -0.4 is 0 Å². The number of hydrogen-bond donors (Lipinski definition) is 1. The van der Waals surface area contributed by atoms with Gasteiger partial charge in [0.25, 0.3) is 0 Å². The summed E-state index contributed by atoms with van der Waals surface area (Å²) in [4.78, 5) is 13.9. The number of carbonyl (C=O) groups is 1. The Morgan fingerprint density at radius 3 is 2.62 bits per heavy atom. The fourth-order valence-electron chi connectivity index (χ4n) is 3.48. The summed E-state index contributed by atoms with van der Waals surface area (Å²) >= 11 is 0. The van der Waals surface area contributed by atoms with E-state index in [9.17, 15) is 9.90 Å². The van der Waals surface area contributed by atoms with E-state index in [-0.39, 0.29) is 0 Å². The van der Waals surface area contributed by atoms with Gasteiger partial charge in [0, 0.05) is 0 Å². The van der Waals surface area contributed by atoms with Crippen LogP contribution in [0.3, 0.4) is 0 Å². The maximum atomic E-state index is 11.7. The van der Waals surface area contributed by atoms with Gasteiger partial charge in [-0.25, -0.2) is 0 Å². The summed E-state index contributed by atoms with van der Waals surface area (Å²) in [6, 6.07) is 0. The van der Waals surface area contributed by atoms with Gasteiger partial charge in [-0.3, -0.25) is 9.69 Å². The van der Waals surface area contributed by atoms with Crippen LogP contribution in [0.1, 0.15) is 51.9 Å². The van der Waals surface area contributed by atoms with Crippen molar-refractivity contribution < 1.29 is 9.90 Å². The number of nitrogens with zero attached hydrogens (tertiary/aromatic N) is 1. The highest BCUT2D eigenvalue weighted by Gasteiger charge is 2.47. The summed E-state index contributed by atoms with van der Waals surface area (Å²) < 4.78 is 0. The first kappa shape index (κ1) is 11.9. The molecule has 2 fully saturated rings. The molecule has 1 aliphatic heterocycles. The SMILES string of the molecule is CCC1CCCC(C(=O)O)(N2CCCC2)C1. The molecular formula is C13H23NO2. The minimum absolute atomic E-state index is 0.518. The van der Waals surface area contributed by atoms with Crippen LogP contribution in [0.25, 0.3) is 0 Å². The lowest BCUT2D eigenvalue weighted by Gasteiger charge is -2.43. The molecule has 3 nitrogen and oxygen atoms in total. The maximum Gasteiger partial charge on any atom is 0.324 e. The van der Waals surface area contributed by atoms with Crippen molar-refractivity contribution in [1.29, 1.82) is 0 Å². The third-order valence-electron chi connectivity index (χ3n) is 4.52. The topological polar surface area (TPSA) is 40.5 Å². The highest BCUT2D eigenvalue weighted by atomic mass is 16.4. The molecule has 0 amide bonds. The second-order valence-electron chi connectivity index (χ2n) is 5.40. The predicted octanol–water partition coefficient (Wildman–Crippen LogP) is 2.51. The third kappa shape index (κ3) is 1.97. The molecule has 1 heterocycles. The Kier molecular flexibility index (Phi) is 3.53. The van der Waals surface area contributed by atoms with Crippen LogP contribution >= 0.6 is 0 Å². The first-order chi connectivity index (χ1) is 7.69. The molecule has 2 unspecified atom stereocenters. The number of carboxylic acid groups (broad SMARTS) is 1. The minimum atomic E-state index is -0.576. The lowest BCUT2D eigenvalue weighted by atomic mass is 9.73. The predicted molar refractivity (Wildman–Crippen MR) is 63.4 cm³/mol. The number of aliphatic carboxylic acids is 1. The largest absolute Gasteiger partial charge is 0.480 e. The Morgan fingerprint density at radius 1 is 1.38 bits per heavy atom. The summed E-state index contributed by atoms with van der Waals surface area (Å²) in [6.45, 7) is 4.16. The Hall–Kier alpha value is -0.570. The monoisotopic (exact) mass is 225 g/mol. The van der Waals surface area contributed by atoms with Crippen LogP contribution in [0.2, 0.25) is 0 Å². The molecule has 0 aromatic rings. The molecule has 1 N–H and O–H groups in total. The molecule has 2 atom stereocenters. The summed E-state index contributed by atoms with van der Waals surface area (Å²) in [6.07, 6.45) is 7.51. The van der Waals surface area contributed by atoms with Gasteiger partial charge in [0.05, 0.1) is 0 Å². The van der Waals surface area contributed by atoms with E-state index in [2.05, 4.69) is 11.8 Å². The van der Waals surface area contributed by atoms with E-state index in [1.54, 1.807) is 0 Å². The van der Waals surface area contributed by atoms with Gasteiger partial charge in [-0.15, -0.1) is 0 Å². The van der Waals surface area contributed by atoms with Crippen molar-refractivity contribution in [2.45, 2.75) is 57.4 Å². The zero-order chi connectivity index (χ0) is 11.6. The molecule has 1 saturated heterocycles. The number of rotatable bonds is 3. The molecule has 16 heavy (non-hydrogen) atoms. The first-order valence-electron chi connectivity index (χ1n) is 6.67. The number of carboxylic acids is 1. The average Bonchev–Trinajstić information content (AvgIpc) is 2.82. The van der Waals surface area contributed by atoms with E-state index >= 15 is 0 Å². The van der Waals surface area contributed by atoms with Crippen molar-refractivity contribution in [2.24, 2.45) is 5.92 Å². The highest BCUT2D eigenvalue weighted by Crippen LogP contribution is 2.40. The molecule has 0 aromatic carbocycles. The van der Waals surface area contributed by atoms with E-state index in [1.807, 2.05) is 0 Å². The van der Waals surface area contributed by atoms with Crippen LogP contribution in [0.4, 0.5) is 0 Å². The molecule has 0 radical (unpaired) electrons. The summed E-state index contributed by atoms with van der Waals surface area (Å²) in [5.41, 5.74) is -0.518. The molecule has 0 aromatic heterocycles. The molecule has 1 aliphatic carbocycles. The Bertz CT molecular complexity index is 261. The van der Waals surface area contributed by atoms with Gasteiger partial charge in [-0.05, 0) is 44.7 Å². The van der Waals surface area contributed by atoms with Crippen LogP contribution in [0, 0.1) is 5.92 Å². The van der Waals surface area contributed by atoms with E-state index in [4.69, 9.17) is 0 Å². The fourth-order valence-corrected chi connectivity index (χ4v) is 3.48. The van der Waals surface area contributed by atoms with Gasteiger partial charge in [-0.1, -0.05) is 26.2 Å².